The van der Waals surface area contributed by atoms with Gasteiger partial charge in [-0.1, -0.05) is 41.7 Å². The van der Waals surface area contributed by atoms with Gasteiger partial charge in [-0.3, -0.25) is 10.1 Å². The lowest BCUT2D eigenvalue weighted by molar-refractivity contribution is -0.383. The second-order valence-electron chi connectivity index (χ2n) is 4.63. The van der Waals surface area contributed by atoms with Gasteiger partial charge in [-0.05, 0) is 23.1 Å². The number of nitro groups is 1. The van der Waals surface area contributed by atoms with Gasteiger partial charge in [0.05, 0.1) is 15.0 Å². The first-order chi connectivity index (χ1) is 11.2. The summed E-state index contributed by atoms with van der Waals surface area (Å²) >= 11 is 17.9. The van der Waals surface area contributed by atoms with Crippen LogP contribution in [0.15, 0.2) is 24.3 Å². The lowest BCUT2D eigenvalue weighted by Crippen LogP contribution is -2.08. The van der Waals surface area contributed by atoms with Crippen molar-refractivity contribution >= 4 is 53.8 Å². The largest absolute Gasteiger partial charge is 0.553 e. The summed E-state index contributed by atoms with van der Waals surface area (Å²) in [6, 6.07) is 5.20. The second-order valence-corrected chi connectivity index (χ2v) is 6.91. The third-order valence-electron chi connectivity index (χ3n) is 3.12. The third-order valence-corrected chi connectivity index (χ3v) is 4.67. The number of hydrogen-bond donors (Lipinski definition) is 1. The minimum atomic E-state index is -2.94. The van der Waals surface area contributed by atoms with Crippen LogP contribution in [0.2, 0.25) is 15.1 Å². The van der Waals surface area contributed by atoms with Crippen LogP contribution < -0.4 is 10.0 Å². The van der Waals surface area contributed by atoms with Crippen molar-refractivity contribution in [2.75, 3.05) is 0 Å². The van der Waals surface area contributed by atoms with Crippen molar-refractivity contribution in [3.8, 4) is 11.5 Å². The van der Waals surface area contributed by atoms with Gasteiger partial charge in [-0.15, -0.1) is 0 Å². The van der Waals surface area contributed by atoms with Gasteiger partial charge in [-0.2, -0.15) is 4.89 Å². The van der Waals surface area contributed by atoms with Gasteiger partial charge in [0.2, 0.25) is 0 Å². The third kappa shape index (κ3) is 3.97. The summed E-state index contributed by atoms with van der Waals surface area (Å²) in [6.07, 6.45) is 0.390. The molecule has 1 atom stereocenters. The zero-order valence-corrected chi connectivity index (χ0v) is 15.3. The minimum Gasteiger partial charge on any atom is -0.454 e. The Bertz CT molecular complexity index is 820. The average Bonchev–Trinajstić information content (AvgIpc) is 2.49. The molecule has 24 heavy (non-hydrogen) atoms. The normalized spacial score (nSPS) is 11.3. The molecule has 0 spiro atoms. The summed E-state index contributed by atoms with van der Waals surface area (Å²) in [5, 5.41) is 11.3. The number of hydrogen-bond acceptors (Lipinski definition) is 4. The van der Waals surface area contributed by atoms with Gasteiger partial charge in [0, 0.05) is 22.7 Å². The summed E-state index contributed by atoms with van der Waals surface area (Å²) in [5.74, 6) is 0.257. The summed E-state index contributed by atoms with van der Waals surface area (Å²) in [4.78, 5) is 19.7. The molecular formula is C14H10Cl3NO5P+. The Balaban J connectivity index is 2.60. The molecule has 0 radical (unpaired) electrons. The Hall–Kier alpha value is -1.43. The zero-order valence-electron chi connectivity index (χ0n) is 12.1. The molecule has 2 aromatic rings. The summed E-state index contributed by atoms with van der Waals surface area (Å²) < 4.78 is 17.1. The van der Waals surface area contributed by atoms with Crippen LogP contribution in [0.1, 0.15) is 12.5 Å². The van der Waals surface area contributed by atoms with E-state index in [2.05, 4.69) is 0 Å². The van der Waals surface area contributed by atoms with Crippen LogP contribution in [0.3, 0.4) is 0 Å². The summed E-state index contributed by atoms with van der Waals surface area (Å²) in [6.45, 7) is 1.76. The van der Waals surface area contributed by atoms with Crippen LogP contribution in [0, 0.1) is 10.1 Å². The van der Waals surface area contributed by atoms with Gasteiger partial charge in [0.1, 0.15) is 5.75 Å². The van der Waals surface area contributed by atoms with E-state index in [9.17, 15) is 19.6 Å². The molecule has 0 aliphatic carbocycles. The first-order valence-corrected chi connectivity index (χ1v) is 8.89. The number of rotatable bonds is 5. The standard InChI is InChI=1S/C14H9Cl3NO5P/c1-2-7-3-11(18(19)20)13(24(21)22)6-12(7)23-14-9(16)4-8(15)5-10(14)17/h3-6H,2H2,1H3/p+1. The number of ether oxygens (including phenoxy) is 1. The van der Waals surface area contributed by atoms with Crippen molar-refractivity contribution in [1.82, 2.24) is 0 Å². The molecular weight excluding hydrogens is 399 g/mol. The first-order valence-electron chi connectivity index (χ1n) is 6.54. The van der Waals surface area contributed by atoms with Gasteiger partial charge < -0.3 is 4.74 Å². The van der Waals surface area contributed by atoms with E-state index in [1.54, 1.807) is 6.92 Å². The highest BCUT2D eigenvalue weighted by Crippen LogP contribution is 2.40. The van der Waals surface area contributed by atoms with Crippen LogP contribution in [-0.2, 0) is 11.0 Å². The Kier molecular flexibility index (Phi) is 6.01. The predicted octanol–water partition coefficient (Wildman–Crippen LogP) is 5.27. The maximum absolute atomic E-state index is 11.4. The highest BCUT2D eigenvalue weighted by molar-refractivity contribution is 7.47. The number of nitro benzene ring substituents is 1. The van der Waals surface area contributed by atoms with Crippen molar-refractivity contribution in [2.24, 2.45) is 0 Å². The fraction of sp³-hybridized carbons (Fsp3) is 0.143. The van der Waals surface area contributed by atoms with Gasteiger partial charge in [0.25, 0.3) is 0 Å². The molecule has 2 rings (SSSR count). The molecule has 6 nitrogen and oxygen atoms in total. The van der Waals surface area contributed by atoms with E-state index in [0.29, 0.717) is 17.0 Å². The van der Waals surface area contributed by atoms with Crippen molar-refractivity contribution in [1.29, 1.82) is 0 Å². The Morgan fingerprint density at radius 2 is 1.79 bits per heavy atom. The molecule has 2 aromatic carbocycles. The molecule has 1 unspecified atom stereocenters. The molecule has 0 aliphatic rings. The molecule has 1 N–H and O–H groups in total. The predicted molar refractivity (Wildman–Crippen MR) is 93.5 cm³/mol. The molecule has 0 fully saturated rings. The molecule has 0 amide bonds. The second kappa shape index (κ2) is 7.64. The SMILES string of the molecule is CCc1cc([N+](=O)[O-])c([P+](=O)O)cc1Oc1c(Cl)cc(Cl)cc1Cl. The highest BCUT2D eigenvalue weighted by Gasteiger charge is 2.32. The fourth-order valence-electron chi connectivity index (χ4n) is 2.01. The smallest absolute Gasteiger partial charge is 0.454 e. The topological polar surface area (TPSA) is 89.7 Å². The Labute approximate surface area is 152 Å². The highest BCUT2D eigenvalue weighted by atomic mass is 35.5. The fourth-order valence-corrected chi connectivity index (χ4v) is 3.47. The van der Waals surface area contributed by atoms with Crippen molar-refractivity contribution in [3.63, 3.8) is 0 Å². The van der Waals surface area contributed by atoms with Crippen LogP contribution in [-0.4, -0.2) is 9.82 Å². The maximum atomic E-state index is 11.4. The molecule has 10 heteroatoms. The molecule has 0 aromatic heterocycles. The first kappa shape index (κ1) is 18.9. The Morgan fingerprint density at radius 1 is 1.21 bits per heavy atom. The summed E-state index contributed by atoms with van der Waals surface area (Å²) in [7, 11) is -2.94. The molecule has 0 heterocycles. The van der Waals surface area contributed by atoms with Crippen molar-refractivity contribution in [2.45, 2.75) is 13.3 Å². The van der Waals surface area contributed by atoms with Crippen LogP contribution >= 0.6 is 42.8 Å². The van der Waals surface area contributed by atoms with Crippen LogP contribution in [0.4, 0.5) is 5.69 Å². The van der Waals surface area contributed by atoms with E-state index in [0.717, 1.165) is 6.07 Å². The minimum absolute atomic E-state index is 0.102. The van der Waals surface area contributed by atoms with E-state index in [-0.39, 0.29) is 26.8 Å². The van der Waals surface area contributed by atoms with Crippen molar-refractivity contribution < 1.29 is 19.1 Å². The quantitative estimate of drug-likeness (QED) is 0.413. The lowest BCUT2D eigenvalue weighted by Gasteiger charge is -2.13. The average molecular weight is 410 g/mol. The summed E-state index contributed by atoms with van der Waals surface area (Å²) in [5.41, 5.74) is 0.0143. The number of nitrogens with zero attached hydrogens (tertiary/aromatic N) is 1. The van der Waals surface area contributed by atoms with Gasteiger partial charge in [0.15, 0.2) is 5.75 Å². The lowest BCUT2D eigenvalue weighted by atomic mass is 10.1. The molecule has 0 bridgehead atoms. The van der Waals surface area contributed by atoms with E-state index >= 15 is 0 Å². The Morgan fingerprint density at radius 3 is 2.25 bits per heavy atom. The van der Waals surface area contributed by atoms with Crippen LogP contribution in [0.5, 0.6) is 11.5 Å². The number of aryl methyl sites for hydroxylation is 1. The molecule has 0 saturated heterocycles. The monoisotopic (exact) mass is 408 g/mol. The number of benzene rings is 2. The van der Waals surface area contributed by atoms with E-state index in [1.807, 2.05) is 0 Å². The van der Waals surface area contributed by atoms with Gasteiger partial charge in [-0.25, -0.2) is 0 Å². The maximum Gasteiger partial charge on any atom is 0.553 e. The zero-order chi connectivity index (χ0) is 18.0. The molecule has 0 aliphatic heterocycles. The number of halogens is 3. The van der Waals surface area contributed by atoms with E-state index in [4.69, 9.17) is 39.5 Å². The van der Waals surface area contributed by atoms with Crippen LogP contribution in [0.25, 0.3) is 0 Å². The van der Waals surface area contributed by atoms with Crippen molar-refractivity contribution in [3.05, 3.63) is 55.0 Å². The molecule has 0 saturated carbocycles. The van der Waals surface area contributed by atoms with E-state index < -0.39 is 18.6 Å². The molecule has 126 valence electrons. The van der Waals surface area contributed by atoms with E-state index in [1.165, 1.54) is 18.2 Å². The van der Waals surface area contributed by atoms with Gasteiger partial charge >= 0.3 is 19.0 Å².